The number of nitrogens with zero attached hydrogens (tertiary/aromatic N) is 1. The minimum atomic E-state index is -0.0239. The molecule has 0 aliphatic rings. The maximum absolute atomic E-state index is 13.9. The number of benzene rings is 8. The van der Waals surface area contributed by atoms with E-state index in [-0.39, 0.29) is 5.43 Å². The van der Waals surface area contributed by atoms with Crippen LogP contribution in [0.3, 0.4) is 0 Å². The lowest BCUT2D eigenvalue weighted by atomic mass is 10.0. The summed E-state index contributed by atoms with van der Waals surface area (Å²) in [5, 5.41) is 8.45. The fraction of sp³-hybridized carbons (Fsp3) is 0. The third kappa shape index (κ3) is 3.98. The van der Waals surface area contributed by atoms with Crippen molar-refractivity contribution in [2.45, 2.75) is 0 Å². The summed E-state index contributed by atoms with van der Waals surface area (Å²) in [6.45, 7) is 0. The third-order valence-electron chi connectivity index (χ3n) is 9.75. The first kappa shape index (κ1) is 26.7. The summed E-state index contributed by atoms with van der Waals surface area (Å²) in [6.07, 6.45) is 0. The molecule has 0 aliphatic heterocycles. The van der Waals surface area contributed by atoms with Crippen molar-refractivity contribution >= 4 is 65.3 Å². The zero-order valence-corrected chi connectivity index (χ0v) is 25.9. The second-order valence-corrected chi connectivity index (χ2v) is 12.5. The van der Waals surface area contributed by atoms with Crippen LogP contribution in [-0.2, 0) is 0 Å². The van der Waals surface area contributed by atoms with E-state index in [9.17, 15) is 4.79 Å². The van der Waals surface area contributed by atoms with Crippen molar-refractivity contribution in [3.05, 3.63) is 174 Å². The van der Waals surface area contributed by atoms with Gasteiger partial charge in [0.05, 0.1) is 21.8 Å². The lowest BCUT2D eigenvalue weighted by Gasteiger charge is -2.13. The minimum Gasteiger partial charge on any atom is -0.456 e. The molecule has 0 spiro atoms. The molecule has 0 radical (unpaired) electrons. The van der Waals surface area contributed by atoms with Crippen molar-refractivity contribution in [1.82, 2.24) is 4.57 Å². The van der Waals surface area contributed by atoms with Crippen molar-refractivity contribution in [1.29, 1.82) is 0 Å². The molecule has 3 nitrogen and oxygen atoms in total. The summed E-state index contributed by atoms with van der Waals surface area (Å²) in [7, 11) is 0. The maximum atomic E-state index is 13.9. The van der Waals surface area contributed by atoms with Crippen molar-refractivity contribution in [2.24, 2.45) is 0 Å². The molecule has 0 saturated carbocycles. The van der Waals surface area contributed by atoms with Crippen LogP contribution >= 0.6 is 0 Å². The highest BCUT2D eigenvalue weighted by Gasteiger charge is 2.18. The maximum Gasteiger partial charge on any atom is 0.200 e. The van der Waals surface area contributed by atoms with Crippen molar-refractivity contribution in [3.63, 3.8) is 0 Å². The number of fused-ring (bicyclic) bond motifs is 9. The molecule has 0 aliphatic carbocycles. The first-order valence-corrected chi connectivity index (χ1v) is 16.2. The van der Waals surface area contributed by atoms with Crippen LogP contribution in [0.1, 0.15) is 0 Å². The normalized spacial score (nSPS) is 11.8. The summed E-state index contributed by atoms with van der Waals surface area (Å²) in [6, 6.07) is 56.7. The van der Waals surface area contributed by atoms with E-state index in [0.717, 1.165) is 27.9 Å². The van der Waals surface area contributed by atoms with Crippen LogP contribution in [0.5, 0.6) is 0 Å². The van der Waals surface area contributed by atoms with Crippen molar-refractivity contribution in [2.75, 3.05) is 0 Å². The van der Waals surface area contributed by atoms with Gasteiger partial charge in [0.15, 0.2) is 0 Å². The number of hydrogen-bond acceptors (Lipinski definition) is 2. The highest BCUT2D eigenvalue weighted by Crippen LogP contribution is 2.40. The summed E-state index contributed by atoms with van der Waals surface area (Å²) in [4.78, 5) is 13.9. The van der Waals surface area contributed by atoms with Gasteiger partial charge in [0.1, 0.15) is 11.2 Å². The molecule has 3 heteroatoms. The Morgan fingerprint density at radius 2 is 0.958 bits per heavy atom. The first-order valence-electron chi connectivity index (χ1n) is 16.2. The van der Waals surface area contributed by atoms with E-state index in [1.807, 2.05) is 54.6 Å². The van der Waals surface area contributed by atoms with Gasteiger partial charge in [0.25, 0.3) is 0 Å². The number of aromatic nitrogens is 1. The molecule has 2 heterocycles. The molecular weight excluding hydrogens is 587 g/mol. The van der Waals surface area contributed by atoms with Gasteiger partial charge in [-0.25, -0.2) is 0 Å². The monoisotopic (exact) mass is 613 g/mol. The molecule has 10 rings (SSSR count). The van der Waals surface area contributed by atoms with Crippen LogP contribution in [0.15, 0.2) is 173 Å². The summed E-state index contributed by atoms with van der Waals surface area (Å²) >= 11 is 0. The third-order valence-corrected chi connectivity index (χ3v) is 9.75. The highest BCUT2D eigenvalue weighted by molar-refractivity contribution is 6.23. The Kier molecular flexibility index (Phi) is 5.73. The SMILES string of the molecule is O=c1c2ccc(-c3ccccc3)cc2oc2ccc(-c3cccc(-n4c5c6ccccc6ccc5c5ccc6ccccc6c54)c3)cc12. The zero-order chi connectivity index (χ0) is 31.8. The average Bonchev–Trinajstić information content (AvgIpc) is 3.50. The molecule has 0 amide bonds. The van der Waals surface area contributed by atoms with Gasteiger partial charge in [-0.2, -0.15) is 0 Å². The van der Waals surface area contributed by atoms with Gasteiger partial charge in [-0.3, -0.25) is 4.79 Å². The molecule has 10 aromatic rings. The van der Waals surface area contributed by atoms with Gasteiger partial charge < -0.3 is 8.98 Å². The Bertz CT molecular complexity index is 2870. The van der Waals surface area contributed by atoms with Gasteiger partial charge in [-0.15, -0.1) is 0 Å². The van der Waals surface area contributed by atoms with Crippen LogP contribution in [0, 0.1) is 0 Å². The van der Waals surface area contributed by atoms with E-state index in [1.54, 1.807) is 0 Å². The van der Waals surface area contributed by atoms with Crippen molar-refractivity contribution < 1.29 is 4.42 Å². The lowest BCUT2D eigenvalue weighted by Crippen LogP contribution is -2.02. The van der Waals surface area contributed by atoms with E-state index in [0.29, 0.717) is 21.9 Å². The molecular formula is C45H27NO2. The predicted molar refractivity (Wildman–Crippen MR) is 200 cm³/mol. The fourth-order valence-corrected chi connectivity index (χ4v) is 7.47. The quantitative estimate of drug-likeness (QED) is 0.186. The largest absolute Gasteiger partial charge is 0.456 e. The van der Waals surface area contributed by atoms with E-state index < -0.39 is 0 Å². The van der Waals surface area contributed by atoms with E-state index in [2.05, 4.69) is 114 Å². The van der Waals surface area contributed by atoms with Crippen LogP contribution in [0.25, 0.3) is 93.2 Å². The van der Waals surface area contributed by atoms with Crippen LogP contribution in [-0.4, -0.2) is 4.57 Å². The Morgan fingerprint density at radius 1 is 0.375 bits per heavy atom. The molecule has 0 fully saturated rings. The van der Waals surface area contributed by atoms with Gasteiger partial charge in [-0.05, 0) is 69.4 Å². The molecule has 0 atom stereocenters. The van der Waals surface area contributed by atoms with E-state index in [1.165, 1.54) is 43.4 Å². The fourth-order valence-electron chi connectivity index (χ4n) is 7.47. The summed E-state index contributed by atoms with van der Waals surface area (Å²) < 4.78 is 8.76. The molecule has 0 N–H and O–H groups in total. The molecule has 48 heavy (non-hydrogen) atoms. The number of rotatable bonds is 3. The first-order chi connectivity index (χ1) is 23.7. The minimum absolute atomic E-state index is 0.0239. The van der Waals surface area contributed by atoms with Gasteiger partial charge in [0.2, 0.25) is 5.43 Å². The van der Waals surface area contributed by atoms with Gasteiger partial charge in [-0.1, -0.05) is 127 Å². The van der Waals surface area contributed by atoms with Gasteiger partial charge in [0, 0.05) is 27.2 Å². The number of hydrogen-bond donors (Lipinski definition) is 0. The molecule has 0 unspecified atom stereocenters. The Balaban J connectivity index is 1.18. The van der Waals surface area contributed by atoms with Crippen LogP contribution in [0.2, 0.25) is 0 Å². The second kappa shape index (κ2) is 10.3. The molecule has 224 valence electrons. The molecule has 0 bridgehead atoms. The Morgan fingerprint density at radius 3 is 1.69 bits per heavy atom. The zero-order valence-electron chi connectivity index (χ0n) is 25.9. The Labute approximate surface area is 275 Å². The summed E-state index contributed by atoms with van der Waals surface area (Å²) in [5.41, 5.74) is 8.70. The van der Waals surface area contributed by atoms with E-state index in [4.69, 9.17) is 4.42 Å². The van der Waals surface area contributed by atoms with Crippen LogP contribution < -0.4 is 5.43 Å². The van der Waals surface area contributed by atoms with E-state index >= 15 is 0 Å². The lowest BCUT2D eigenvalue weighted by molar-refractivity contribution is 0.660. The molecule has 0 saturated heterocycles. The highest BCUT2D eigenvalue weighted by atomic mass is 16.3. The summed E-state index contributed by atoms with van der Waals surface area (Å²) in [5.74, 6) is 0. The van der Waals surface area contributed by atoms with Crippen molar-refractivity contribution in [3.8, 4) is 27.9 Å². The molecule has 2 aromatic heterocycles. The average molecular weight is 614 g/mol. The molecule has 8 aromatic carbocycles. The standard InChI is InChI=1S/C45H27NO2/c47-45-39-23-19-33(28-9-2-1-3-10-28)27-42(39)48-41-24-20-32(26-40(41)45)31-13-8-14-34(25-31)46-43-35-15-6-4-11-29(35)17-21-37(43)38-22-18-30-12-5-7-16-36(30)44(38)46/h1-27H. The smallest absolute Gasteiger partial charge is 0.200 e. The topological polar surface area (TPSA) is 35.1 Å². The Hall–Kier alpha value is -6.45. The van der Waals surface area contributed by atoms with Gasteiger partial charge >= 0.3 is 0 Å². The predicted octanol–water partition coefficient (Wildman–Crippen LogP) is 11.7. The second-order valence-electron chi connectivity index (χ2n) is 12.5. The van der Waals surface area contributed by atoms with Crippen LogP contribution in [0.4, 0.5) is 0 Å².